The van der Waals surface area contributed by atoms with Crippen LogP contribution in [0.4, 0.5) is 4.39 Å². The van der Waals surface area contributed by atoms with Gasteiger partial charge in [-0.1, -0.05) is 47.5 Å². The lowest BCUT2D eigenvalue weighted by atomic mass is 10.00. The molecular formula is C13H7Cl2FO. The number of hydrogen-bond acceptors (Lipinski definition) is 1. The van der Waals surface area contributed by atoms with Crippen LogP contribution >= 0.6 is 23.2 Å². The minimum atomic E-state index is -0.575. The molecule has 0 unspecified atom stereocenters. The highest BCUT2D eigenvalue weighted by atomic mass is 35.5. The summed E-state index contributed by atoms with van der Waals surface area (Å²) < 4.78 is 13.5. The van der Waals surface area contributed by atoms with E-state index < -0.39 is 5.82 Å². The highest BCUT2D eigenvalue weighted by Gasteiger charge is 2.13. The summed E-state index contributed by atoms with van der Waals surface area (Å²) in [5.41, 5.74) is 0.963. The van der Waals surface area contributed by atoms with Crippen LogP contribution in [0.5, 0.6) is 0 Å². The van der Waals surface area contributed by atoms with Gasteiger partial charge in [0.1, 0.15) is 5.82 Å². The molecule has 1 nitrogen and oxygen atoms in total. The molecule has 0 N–H and O–H groups in total. The first-order chi connectivity index (χ1) is 8.15. The molecule has 0 fully saturated rings. The molecule has 4 heteroatoms. The van der Waals surface area contributed by atoms with E-state index in [1.54, 1.807) is 24.3 Å². The Hall–Kier alpha value is -1.38. The van der Waals surface area contributed by atoms with Gasteiger partial charge in [-0.3, -0.25) is 4.79 Å². The van der Waals surface area contributed by atoms with Crippen molar-refractivity contribution in [1.29, 1.82) is 0 Å². The first-order valence-electron chi connectivity index (χ1n) is 4.83. The molecule has 0 aliphatic rings. The molecule has 0 saturated heterocycles. The highest BCUT2D eigenvalue weighted by Crippen LogP contribution is 2.35. The summed E-state index contributed by atoms with van der Waals surface area (Å²) in [6.45, 7) is 0. The number of rotatable bonds is 2. The fraction of sp³-hybridized carbons (Fsp3) is 0. The molecule has 2 aromatic carbocycles. The standard InChI is InChI=1S/C13H7Cl2FO/c14-11-5-1-4-9(13(11)15)8-3-2-6-12(16)10(8)7-17/h1-7H. The van der Waals surface area contributed by atoms with Crippen molar-refractivity contribution in [2.45, 2.75) is 0 Å². The van der Waals surface area contributed by atoms with Crippen LogP contribution in [0.25, 0.3) is 11.1 Å². The van der Waals surface area contributed by atoms with Crippen LogP contribution in [0.2, 0.25) is 10.0 Å². The Labute approximate surface area is 108 Å². The van der Waals surface area contributed by atoms with Crippen LogP contribution in [0.1, 0.15) is 10.4 Å². The molecule has 0 amide bonds. The molecule has 0 aliphatic carbocycles. The second-order valence-corrected chi connectivity index (χ2v) is 4.21. The van der Waals surface area contributed by atoms with Gasteiger partial charge >= 0.3 is 0 Å². The Balaban J connectivity index is 2.73. The van der Waals surface area contributed by atoms with Gasteiger partial charge in [-0.15, -0.1) is 0 Å². The van der Waals surface area contributed by atoms with Gasteiger partial charge in [-0.05, 0) is 17.7 Å². The summed E-state index contributed by atoms with van der Waals surface area (Å²) >= 11 is 11.9. The topological polar surface area (TPSA) is 17.1 Å². The summed E-state index contributed by atoms with van der Waals surface area (Å²) in [6, 6.07) is 9.40. The van der Waals surface area contributed by atoms with Crippen molar-refractivity contribution >= 4 is 29.5 Å². The van der Waals surface area contributed by atoms with E-state index in [1.807, 2.05) is 0 Å². The smallest absolute Gasteiger partial charge is 0.153 e. The molecular weight excluding hydrogens is 262 g/mol. The van der Waals surface area contributed by atoms with Crippen molar-refractivity contribution in [2.24, 2.45) is 0 Å². The zero-order chi connectivity index (χ0) is 12.4. The van der Waals surface area contributed by atoms with Crippen molar-refractivity contribution in [1.82, 2.24) is 0 Å². The molecule has 2 aromatic rings. The van der Waals surface area contributed by atoms with E-state index in [1.165, 1.54) is 12.1 Å². The monoisotopic (exact) mass is 268 g/mol. The Morgan fingerprint density at radius 2 is 1.65 bits per heavy atom. The molecule has 0 aliphatic heterocycles. The summed E-state index contributed by atoms with van der Waals surface area (Å²) in [6.07, 6.45) is 0.474. The third-order valence-electron chi connectivity index (χ3n) is 2.41. The van der Waals surface area contributed by atoms with Crippen LogP contribution in [0.15, 0.2) is 36.4 Å². The zero-order valence-electron chi connectivity index (χ0n) is 8.58. The van der Waals surface area contributed by atoms with E-state index in [4.69, 9.17) is 23.2 Å². The summed E-state index contributed by atoms with van der Waals surface area (Å²) in [5, 5.41) is 0.674. The van der Waals surface area contributed by atoms with Crippen LogP contribution in [-0.2, 0) is 0 Å². The highest BCUT2D eigenvalue weighted by molar-refractivity contribution is 6.43. The maximum absolute atomic E-state index is 13.5. The number of hydrogen-bond donors (Lipinski definition) is 0. The van der Waals surface area contributed by atoms with Crippen molar-refractivity contribution in [2.75, 3.05) is 0 Å². The van der Waals surface area contributed by atoms with Crippen molar-refractivity contribution < 1.29 is 9.18 Å². The lowest BCUT2D eigenvalue weighted by molar-refractivity contribution is 0.112. The molecule has 0 atom stereocenters. The van der Waals surface area contributed by atoms with E-state index >= 15 is 0 Å². The Kier molecular flexibility index (Phi) is 3.46. The Morgan fingerprint density at radius 1 is 1.00 bits per heavy atom. The minimum absolute atomic E-state index is 0.0170. The quantitative estimate of drug-likeness (QED) is 0.727. The summed E-state index contributed by atoms with van der Waals surface area (Å²) in [7, 11) is 0. The lowest BCUT2D eigenvalue weighted by Gasteiger charge is -2.08. The van der Waals surface area contributed by atoms with Gasteiger partial charge in [0.05, 0.1) is 15.6 Å². The van der Waals surface area contributed by atoms with Gasteiger partial charge in [0.25, 0.3) is 0 Å². The molecule has 0 bridgehead atoms. The van der Waals surface area contributed by atoms with Gasteiger partial charge in [0.2, 0.25) is 0 Å². The van der Waals surface area contributed by atoms with E-state index in [9.17, 15) is 9.18 Å². The molecule has 86 valence electrons. The average molecular weight is 269 g/mol. The number of carbonyl (C=O) groups is 1. The molecule has 0 saturated carbocycles. The van der Waals surface area contributed by atoms with Gasteiger partial charge in [-0.25, -0.2) is 4.39 Å². The molecule has 2 rings (SSSR count). The van der Waals surface area contributed by atoms with Gasteiger partial charge < -0.3 is 0 Å². The molecule has 0 spiro atoms. The van der Waals surface area contributed by atoms with Gasteiger partial charge in [0.15, 0.2) is 6.29 Å². The van der Waals surface area contributed by atoms with Gasteiger partial charge in [0, 0.05) is 5.56 Å². The first kappa shape index (κ1) is 12.1. The number of aldehydes is 1. The average Bonchev–Trinajstić information content (AvgIpc) is 2.32. The zero-order valence-corrected chi connectivity index (χ0v) is 10.1. The van der Waals surface area contributed by atoms with Crippen molar-refractivity contribution in [3.8, 4) is 11.1 Å². The van der Waals surface area contributed by atoms with Crippen LogP contribution in [-0.4, -0.2) is 6.29 Å². The summed E-state index contributed by atoms with van der Waals surface area (Å²) in [4.78, 5) is 10.9. The number of halogens is 3. The SMILES string of the molecule is O=Cc1c(F)cccc1-c1cccc(Cl)c1Cl. The van der Waals surface area contributed by atoms with Crippen molar-refractivity contribution in [3.05, 3.63) is 57.8 Å². The second-order valence-electron chi connectivity index (χ2n) is 3.42. The predicted octanol–water partition coefficient (Wildman–Crippen LogP) is 4.61. The van der Waals surface area contributed by atoms with Crippen LogP contribution in [0.3, 0.4) is 0 Å². The van der Waals surface area contributed by atoms with E-state index in [2.05, 4.69) is 0 Å². The Bertz CT molecular complexity index is 582. The van der Waals surface area contributed by atoms with E-state index in [0.29, 0.717) is 27.5 Å². The maximum Gasteiger partial charge on any atom is 0.153 e. The van der Waals surface area contributed by atoms with Crippen LogP contribution in [0, 0.1) is 5.82 Å². The first-order valence-corrected chi connectivity index (χ1v) is 5.59. The maximum atomic E-state index is 13.5. The molecule has 0 radical (unpaired) electrons. The van der Waals surface area contributed by atoms with Crippen LogP contribution < -0.4 is 0 Å². The number of benzene rings is 2. The number of carbonyl (C=O) groups excluding carboxylic acids is 1. The Morgan fingerprint density at radius 3 is 2.35 bits per heavy atom. The third-order valence-corrected chi connectivity index (χ3v) is 3.23. The largest absolute Gasteiger partial charge is 0.298 e. The summed E-state index contributed by atoms with van der Waals surface area (Å²) in [5.74, 6) is -0.575. The van der Waals surface area contributed by atoms with E-state index in [-0.39, 0.29) is 5.56 Å². The molecule has 0 heterocycles. The fourth-order valence-electron chi connectivity index (χ4n) is 1.60. The fourth-order valence-corrected chi connectivity index (χ4v) is 2.01. The molecule has 17 heavy (non-hydrogen) atoms. The normalized spacial score (nSPS) is 10.3. The van der Waals surface area contributed by atoms with E-state index in [0.717, 1.165) is 0 Å². The predicted molar refractivity (Wildman–Crippen MR) is 67.2 cm³/mol. The molecule has 0 aromatic heterocycles. The third kappa shape index (κ3) is 2.19. The minimum Gasteiger partial charge on any atom is -0.298 e. The second kappa shape index (κ2) is 4.86. The van der Waals surface area contributed by atoms with Gasteiger partial charge in [-0.2, -0.15) is 0 Å². The lowest BCUT2D eigenvalue weighted by Crippen LogP contribution is -1.93. The van der Waals surface area contributed by atoms with Crippen molar-refractivity contribution in [3.63, 3.8) is 0 Å².